The Morgan fingerprint density at radius 1 is 0.242 bits per heavy atom. The minimum absolute atomic E-state index is 0.0878. The molecule has 15 aromatic rings. The van der Waals surface area contributed by atoms with Crippen molar-refractivity contribution in [3.05, 3.63) is 360 Å². The van der Waals surface area contributed by atoms with Gasteiger partial charge in [-0.25, -0.2) is 9.97 Å². The summed E-state index contributed by atoms with van der Waals surface area (Å²) in [5.74, 6) is 2.42. The van der Waals surface area contributed by atoms with Crippen LogP contribution < -0.4 is 40.2 Å². The summed E-state index contributed by atoms with van der Waals surface area (Å²) in [4.78, 5) is 78.6. The number of carbonyl (C=O) groups excluding carboxylic acids is 4. The minimum Gasteiger partial charge on any atom is -0.494 e. The van der Waals surface area contributed by atoms with Gasteiger partial charge in [0.2, 0.25) is 23.6 Å². The van der Waals surface area contributed by atoms with Crippen molar-refractivity contribution in [1.29, 1.82) is 0 Å². The van der Waals surface area contributed by atoms with Gasteiger partial charge in [0.1, 0.15) is 23.0 Å². The lowest BCUT2D eigenvalue weighted by molar-refractivity contribution is -0.116. The first kappa shape index (κ1) is 88.4. The van der Waals surface area contributed by atoms with Gasteiger partial charge in [-0.05, 0) is 214 Å². The van der Waals surface area contributed by atoms with Gasteiger partial charge in [-0.1, -0.05) is 272 Å². The molecule has 0 fully saturated rings. The zero-order chi connectivity index (χ0) is 90.5. The number of unbranched alkanes of at least 4 members (excludes halogenated alkanes) is 4. The fraction of sp³-hybridized carbons (Fsp3) is 0.172. The highest BCUT2D eigenvalue weighted by molar-refractivity contribution is 6.08. The highest BCUT2D eigenvalue weighted by Crippen LogP contribution is 2.45. The zero-order valence-electron chi connectivity index (χ0n) is 74.8. The van der Waals surface area contributed by atoms with Gasteiger partial charge in [-0.2, -0.15) is 0 Å². The number of nitrogens with one attached hydrogen (secondary N) is 6. The number of ether oxygens (including phenoxy) is 4. The highest BCUT2D eigenvalue weighted by atomic mass is 16.5. The molecule has 0 aliphatic carbocycles. The second-order valence-electron chi connectivity index (χ2n) is 33.3. The lowest BCUT2D eigenvalue weighted by atomic mass is 10.0. The van der Waals surface area contributed by atoms with Crippen molar-refractivity contribution in [1.82, 2.24) is 19.9 Å². The molecule has 0 saturated carbocycles. The van der Waals surface area contributed by atoms with Crippen molar-refractivity contribution in [2.24, 2.45) is 0 Å². The molecule has 17 rings (SSSR count). The third kappa shape index (κ3) is 21.7. The largest absolute Gasteiger partial charge is 0.494 e. The molecule has 6 N–H and O–H groups in total. The fourth-order valence-corrected chi connectivity index (χ4v) is 16.7. The molecule has 0 atom stereocenters. The number of H-pyrrole nitrogens is 2. The number of rotatable bonds is 36. The van der Waals surface area contributed by atoms with E-state index in [2.05, 4.69) is 107 Å². The van der Waals surface area contributed by atoms with Crippen LogP contribution >= 0.6 is 0 Å². The molecule has 132 heavy (non-hydrogen) atoms. The van der Waals surface area contributed by atoms with Crippen molar-refractivity contribution < 1.29 is 38.1 Å². The van der Waals surface area contributed by atoms with E-state index in [0.717, 1.165) is 141 Å². The molecule has 4 amide bonds. The van der Waals surface area contributed by atoms with E-state index in [9.17, 15) is 19.2 Å². The van der Waals surface area contributed by atoms with E-state index in [1.807, 2.05) is 291 Å². The lowest BCUT2D eigenvalue weighted by Gasteiger charge is -2.14. The van der Waals surface area contributed by atoms with Crippen LogP contribution in [0.1, 0.15) is 124 Å². The lowest BCUT2D eigenvalue weighted by Crippen LogP contribution is -2.15. The number of aromatic amines is 2. The van der Waals surface area contributed by atoms with E-state index >= 15 is 0 Å². The fourth-order valence-electron chi connectivity index (χ4n) is 16.7. The summed E-state index contributed by atoms with van der Waals surface area (Å²) >= 11 is 0. The summed E-state index contributed by atoms with van der Waals surface area (Å²) < 4.78 is 23.8. The number of hydrogen-bond donors (Lipinski definition) is 6. The second kappa shape index (κ2) is 42.5. The summed E-state index contributed by atoms with van der Waals surface area (Å²) in [5, 5.41) is 13.4. The van der Waals surface area contributed by atoms with Crippen molar-refractivity contribution in [3.8, 4) is 112 Å². The van der Waals surface area contributed by atoms with E-state index in [1.54, 1.807) is 0 Å². The Balaban J connectivity index is 0.785. The number of fused-ring (bicyclic) bond motifs is 8. The average Bonchev–Trinajstić information content (AvgIpc) is 1.60. The van der Waals surface area contributed by atoms with Gasteiger partial charge in [0.15, 0.2) is 0 Å². The van der Waals surface area contributed by atoms with Crippen LogP contribution in [-0.4, -0.2) is 70.0 Å². The van der Waals surface area contributed by atoms with Gasteiger partial charge in [-0.3, -0.25) is 19.2 Å². The van der Waals surface area contributed by atoms with Crippen LogP contribution in [0.25, 0.3) is 135 Å². The van der Waals surface area contributed by atoms with Gasteiger partial charge >= 0.3 is 0 Å². The Hall–Kier alpha value is -15.7. The standard InChI is InChI=1S/C116H106N8O8/c1-5-9-69-129-89-53-45-85(46-54-89)81-37-29-77(30-38-81)73-109(125)121-97-25-17-13-21-93(97)113-101-61-63-103(117-101)114(94-22-14-18-26-98(94)122-110(126)74-78-31-39-82(40-32-78)86-47-55-90(56-48-86)130-70-10-6-2)105-65-67-107(119-105)116(96-24-16-20-28-100(96)124-112(128)76-80-35-43-84(44-36-80)88-51-59-92(60-52-88)132-72-12-8-4)108-68-66-106(120-108)115(104-64-62-102(113)118-104)95-23-15-19-27-99(95)123-111(127)75-79-33-41-83(42-34-79)87-49-57-91(58-50-87)131-71-11-7-3/h13-68,117,120H,5-12,69-76H2,1-4H3,(H,121,125)(H,122,126)(H,123,127)(H,124,128). The van der Waals surface area contributed by atoms with E-state index in [4.69, 9.17) is 28.9 Å². The maximum absolute atomic E-state index is 14.8. The van der Waals surface area contributed by atoms with Crippen molar-refractivity contribution in [3.63, 3.8) is 0 Å². The quantitative estimate of drug-likeness (QED) is 0.0205. The predicted molar refractivity (Wildman–Crippen MR) is 539 cm³/mol. The first-order chi connectivity index (χ1) is 64.8. The summed E-state index contributed by atoms with van der Waals surface area (Å²) in [5.41, 5.74) is 23.9. The van der Waals surface area contributed by atoms with Crippen molar-refractivity contribution in [2.75, 3.05) is 47.7 Å². The Kier molecular flexibility index (Phi) is 28.4. The third-order valence-electron chi connectivity index (χ3n) is 23.7. The normalized spacial score (nSPS) is 11.4. The van der Waals surface area contributed by atoms with Gasteiger partial charge in [0.25, 0.3) is 0 Å². The highest BCUT2D eigenvalue weighted by Gasteiger charge is 2.26. The summed E-state index contributed by atoms with van der Waals surface area (Å²) in [6, 6.07) is 104. The van der Waals surface area contributed by atoms with E-state index < -0.39 is 0 Å². The Morgan fingerprint density at radius 3 is 0.629 bits per heavy atom. The number of anilines is 4. The van der Waals surface area contributed by atoms with Crippen LogP contribution in [0.2, 0.25) is 0 Å². The Bertz CT molecular complexity index is 6040. The Morgan fingerprint density at radius 2 is 0.432 bits per heavy atom. The SMILES string of the molecule is CCCCOc1ccc(-c2ccc(CC(=O)Nc3ccccc3-c3c4nc(c(-c5ccccc5NC(=O)Cc5ccc(-c6ccc(OCCCC)cc6)cc5)c5ccc([nH]5)c(-c5ccccc5NC(=O)Cc5ccc(-c6ccc(OCCCC)cc6)cc5)c5nc(c(-c6ccccc6NC(=O)Cc6ccc(-c7ccc(OCCCC)cc7)cc6)c6ccc3[nH]6)C=C5)C=C4)cc2)cc1. The average molecular weight is 1740 g/mol. The maximum Gasteiger partial charge on any atom is 0.228 e. The van der Waals surface area contributed by atoms with Crippen LogP contribution in [0, 0.1) is 0 Å². The predicted octanol–water partition coefficient (Wildman–Crippen LogP) is 27.4. The molecule has 2 aliphatic heterocycles. The van der Waals surface area contributed by atoms with E-state index in [-0.39, 0.29) is 49.3 Å². The number of carbonyl (C=O) groups is 4. The number of aromatic nitrogens is 4. The molecule has 0 saturated heterocycles. The van der Waals surface area contributed by atoms with Crippen LogP contribution in [0.5, 0.6) is 23.0 Å². The molecular formula is C116H106N8O8. The number of hydrogen-bond acceptors (Lipinski definition) is 10. The third-order valence-corrected chi connectivity index (χ3v) is 23.7. The smallest absolute Gasteiger partial charge is 0.228 e. The molecule has 8 bridgehead atoms. The van der Waals surface area contributed by atoms with Crippen molar-refractivity contribution >= 4 is 92.7 Å². The summed E-state index contributed by atoms with van der Waals surface area (Å²) in [6.45, 7) is 11.3. The molecule has 3 aromatic heterocycles. The monoisotopic (exact) mass is 1740 g/mol. The molecular weight excluding hydrogens is 1630 g/mol. The number of para-hydroxylation sites is 4. The van der Waals surface area contributed by atoms with Gasteiger partial charge in [0.05, 0.1) is 74.9 Å². The van der Waals surface area contributed by atoms with Gasteiger partial charge in [0, 0.05) is 89.3 Å². The molecule has 16 heteroatoms. The zero-order valence-corrected chi connectivity index (χ0v) is 74.8. The number of nitrogens with zero attached hydrogens (tertiary/aromatic N) is 2. The molecule has 2 aliphatic rings. The number of amides is 4. The second-order valence-corrected chi connectivity index (χ2v) is 33.3. The first-order valence-electron chi connectivity index (χ1n) is 45.9. The molecule has 16 nitrogen and oxygen atoms in total. The van der Waals surface area contributed by atoms with Crippen LogP contribution in [0.4, 0.5) is 22.7 Å². The van der Waals surface area contributed by atoms with Gasteiger partial charge < -0.3 is 50.2 Å². The topological polar surface area (TPSA) is 211 Å². The molecule has 658 valence electrons. The Labute approximate surface area is 771 Å². The molecule has 5 heterocycles. The van der Waals surface area contributed by atoms with Crippen LogP contribution in [-0.2, 0) is 44.9 Å². The van der Waals surface area contributed by atoms with E-state index in [0.29, 0.717) is 139 Å². The van der Waals surface area contributed by atoms with Gasteiger partial charge in [-0.15, -0.1) is 0 Å². The molecule has 0 radical (unpaired) electrons. The van der Waals surface area contributed by atoms with Crippen LogP contribution in [0.15, 0.2) is 315 Å². The van der Waals surface area contributed by atoms with Crippen LogP contribution in [0.3, 0.4) is 0 Å². The van der Waals surface area contributed by atoms with Crippen molar-refractivity contribution in [2.45, 2.75) is 105 Å². The molecule has 0 unspecified atom stereocenters. The number of benzene rings is 12. The first-order valence-corrected chi connectivity index (χ1v) is 45.9. The summed E-state index contributed by atoms with van der Waals surface area (Å²) in [6.07, 6.45) is 16.5. The summed E-state index contributed by atoms with van der Waals surface area (Å²) in [7, 11) is 0. The van der Waals surface area contributed by atoms with E-state index in [1.165, 1.54) is 0 Å². The minimum atomic E-state index is -0.225. The molecule has 0 spiro atoms. The molecule has 12 aromatic carbocycles. The maximum atomic E-state index is 14.8.